The highest BCUT2D eigenvalue weighted by Gasteiger charge is 2.27. The third kappa shape index (κ3) is 11.0. The number of carboxylic acids is 1. The molecule has 0 fully saturated rings. The number of carbonyl (C=O) groups is 2. The number of hydrogen-bond donors (Lipinski definition) is 2. The first-order chi connectivity index (χ1) is 9.65. The van der Waals surface area contributed by atoms with Gasteiger partial charge in [-0.3, -0.25) is 4.79 Å². The number of nitrogens with zero attached hydrogens (tertiary/aromatic N) is 1. The molecule has 0 aliphatic carbocycles. The smallest absolute Gasteiger partial charge is 0.335 e. The van der Waals surface area contributed by atoms with E-state index in [0.29, 0.717) is 17.4 Å². The molecule has 0 aromatic heterocycles. The zero-order valence-corrected chi connectivity index (χ0v) is 13.4. The summed E-state index contributed by atoms with van der Waals surface area (Å²) in [7, 11) is 5.65. The predicted octanol–water partition coefficient (Wildman–Crippen LogP) is 1.19. The molecule has 2 unspecified atom stereocenters. The van der Waals surface area contributed by atoms with Gasteiger partial charge in [-0.1, -0.05) is 19.1 Å². The van der Waals surface area contributed by atoms with Crippen molar-refractivity contribution in [3.05, 3.63) is 12.2 Å². The van der Waals surface area contributed by atoms with Gasteiger partial charge < -0.3 is 19.4 Å². The Bertz CT molecular complexity index is 360. The van der Waals surface area contributed by atoms with E-state index in [-0.39, 0.29) is 12.8 Å². The number of carbonyl (C=O) groups excluding carboxylic acids is 1. The summed E-state index contributed by atoms with van der Waals surface area (Å²) < 4.78 is 5.62. The molecule has 0 rings (SSSR count). The monoisotopic (exact) mass is 302 g/mol. The van der Waals surface area contributed by atoms with Crippen LogP contribution < -0.4 is 0 Å². The Hall–Kier alpha value is -1.40. The minimum atomic E-state index is -1.21. The summed E-state index contributed by atoms with van der Waals surface area (Å²) in [6, 6.07) is 0. The van der Waals surface area contributed by atoms with Crippen molar-refractivity contribution in [2.24, 2.45) is 0 Å². The van der Waals surface area contributed by atoms with Gasteiger partial charge in [-0.25, -0.2) is 4.79 Å². The van der Waals surface area contributed by atoms with Gasteiger partial charge in [0, 0.05) is 0 Å². The van der Waals surface area contributed by atoms with Crippen LogP contribution >= 0.6 is 0 Å². The van der Waals surface area contributed by atoms with Gasteiger partial charge >= 0.3 is 11.9 Å². The van der Waals surface area contributed by atoms with E-state index in [1.807, 2.05) is 40.2 Å². The molecule has 0 spiro atoms. The Morgan fingerprint density at radius 3 is 2.33 bits per heavy atom. The van der Waals surface area contributed by atoms with Crippen molar-refractivity contribution in [2.75, 3.05) is 27.7 Å². The highest BCUT2D eigenvalue weighted by atomic mass is 16.6. The molecular formula is C15H28NO5+. The first-order valence-electron chi connectivity index (χ1n) is 7.21. The number of aliphatic carboxylic acids is 1. The fourth-order valence-electron chi connectivity index (χ4n) is 1.85. The van der Waals surface area contributed by atoms with Gasteiger partial charge in [-0.15, -0.1) is 0 Å². The lowest BCUT2D eigenvalue weighted by atomic mass is 10.1. The third-order valence-corrected chi connectivity index (χ3v) is 2.72. The fraction of sp³-hybridized carbons (Fsp3) is 0.733. The Morgan fingerprint density at radius 1 is 1.24 bits per heavy atom. The lowest BCUT2D eigenvalue weighted by molar-refractivity contribution is -0.873. The third-order valence-electron chi connectivity index (χ3n) is 2.72. The van der Waals surface area contributed by atoms with Crippen LogP contribution in [0.1, 0.15) is 32.6 Å². The number of carboxylic acid groups (broad SMARTS) is 1. The van der Waals surface area contributed by atoms with Crippen LogP contribution in [0, 0.1) is 0 Å². The van der Waals surface area contributed by atoms with Crippen molar-refractivity contribution in [1.29, 1.82) is 0 Å². The molecule has 2 atom stereocenters. The van der Waals surface area contributed by atoms with E-state index < -0.39 is 24.1 Å². The van der Waals surface area contributed by atoms with Crippen LogP contribution in [0.25, 0.3) is 0 Å². The zero-order chi connectivity index (χ0) is 16.5. The lowest BCUT2D eigenvalue weighted by Crippen LogP contribution is -2.44. The number of allylic oxidation sites excluding steroid dienone is 2. The maximum absolute atomic E-state index is 11.8. The minimum Gasteiger partial charge on any atom is -0.481 e. The summed E-state index contributed by atoms with van der Waals surface area (Å²) in [6.45, 7) is 2.38. The molecule has 2 N–H and O–H groups in total. The lowest BCUT2D eigenvalue weighted by Gasteiger charge is -2.28. The molecule has 0 aromatic rings. The maximum atomic E-state index is 11.8. The summed E-state index contributed by atoms with van der Waals surface area (Å²) in [4.78, 5) is 22.6. The average molecular weight is 302 g/mol. The first kappa shape index (κ1) is 19.6. The second-order valence-electron chi connectivity index (χ2n) is 6.10. The van der Waals surface area contributed by atoms with E-state index in [4.69, 9.17) is 9.84 Å². The van der Waals surface area contributed by atoms with Gasteiger partial charge in [0.2, 0.25) is 0 Å². The van der Waals surface area contributed by atoms with Crippen LogP contribution in [0.4, 0.5) is 0 Å². The molecular weight excluding hydrogens is 274 g/mol. The van der Waals surface area contributed by atoms with Crippen molar-refractivity contribution in [3.63, 3.8) is 0 Å². The maximum Gasteiger partial charge on any atom is 0.335 e. The van der Waals surface area contributed by atoms with Crippen LogP contribution in [0.3, 0.4) is 0 Å². The number of esters is 1. The summed E-state index contributed by atoms with van der Waals surface area (Å²) in [5.74, 6) is -1.78. The highest BCUT2D eigenvalue weighted by molar-refractivity contribution is 5.75. The number of likely N-dealkylation sites (N-methyl/N-ethyl adjacent to an activating group) is 1. The topological polar surface area (TPSA) is 83.8 Å². The molecule has 0 heterocycles. The summed E-state index contributed by atoms with van der Waals surface area (Å²) in [6.07, 6.45) is 3.42. The van der Waals surface area contributed by atoms with Gasteiger partial charge in [0.05, 0.1) is 27.6 Å². The second kappa shape index (κ2) is 9.52. The summed E-state index contributed by atoms with van der Waals surface area (Å²) >= 11 is 0. The molecule has 6 heteroatoms. The number of ether oxygens (including phenoxy) is 1. The van der Waals surface area contributed by atoms with E-state index >= 15 is 0 Å². The molecule has 0 aliphatic rings. The molecule has 21 heavy (non-hydrogen) atoms. The van der Waals surface area contributed by atoms with Crippen molar-refractivity contribution >= 4 is 11.9 Å². The van der Waals surface area contributed by atoms with Gasteiger partial charge in [0.15, 0.2) is 12.2 Å². The van der Waals surface area contributed by atoms with Crippen LogP contribution in [-0.4, -0.2) is 66.5 Å². The molecule has 0 aliphatic heterocycles. The van der Waals surface area contributed by atoms with E-state index in [0.717, 1.165) is 6.42 Å². The minimum absolute atomic E-state index is 0.260. The van der Waals surface area contributed by atoms with E-state index in [1.54, 1.807) is 0 Å². The summed E-state index contributed by atoms with van der Waals surface area (Å²) in [5, 5.41) is 18.6. The Morgan fingerprint density at radius 2 is 1.86 bits per heavy atom. The predicted molar refractivity (Wildman–Crippen MR) is 79.7 cm³/mol. The van der Waals surface area contributed by atoms with E-state index in [1.165, 1.54) is 0 Å². The molecule has 0 aromatic carbocycles. The Balaban J connectivity index is 4.43. The average Bonchev–Trinajstić information content (AvgIpc) is 2.31. The molecule has 0 radical (unpaired) electrons. The number of aliphatic hydroxyl groups excluding tert-OH is 1. The van der Waals surface area contributed by atoms with E-state index in [2.05, 4.69) is 0 Å². The SMILES string of the molecule is CC/C=C/CCC(O)C(=O)OC(CC(=O)O)C[N+](C)(C)C. The summed E-state index contributed by atoms with van der Waals surface area (Å²) in [5.41, 5.74) is 0. The van der Waals surface area contributed by atoms with E-state index in [9.17, 15) is 14.7 Å². The normalized spacial score (nSPS) is 14.9. The number of aliphatic hydroxyl groups is 1. The highest BCUT2D eigenvalue weighted by Crippen LogP contribution is 2.09. The van der Waals surface area contributed by atoms with Crippen LogP contribution in [0.2, 0.25) is 0 Å². The zero-order valence-electron chi connectivity index (χ0n) is 13.4. The fourth-order valence-corrected chi connectivity index (χ4v) is 1.85. The van der Waals surface area contributed by atoms with Gasteiger partial charge in [0.25, 0.3) is 0 Å². The molecule has 0 saturated carbocycles. The number of quaternary nitrogens is 1. The van der Waals surface area contributed by atoms with Crippen LogP contribution in [0.5, 0.6) is 0 Å². The molecule has 6 nitrogen and oxygen atoms in total. The molecule has 122 valence electrons. The van der Waals surface area contributed by atoms with Crippen LogP contribution in [-0.2, 0) is 14.3 Å². The molecule has 0 saturated heterocycles. The molecule has 0 bridgehead atoms. The quantitative estimate of drug-likeness (QED) is 0.360. The second-order valence-corrected chi connectivity index (χ2v) is 6.10. The Kier molecular flexibility index (Phi) is 8.89. The van der Waals surface area contributed by atoms with Gasteiger partial charge in [0.1, 0.15) is 6.54 Å². The van der Waals surface area contributed by atoms with Gasteiger partial charge in [-0.05, 0) is 19.3 Å². The number of hydrogen-bond acceptors (Lipinski definition) is 4. The van der Waals surface area contributed by atoms with Crippen molar-refractivity contribution in [2.45, 2.75) is 44.8 Å². The van der Waals surface area contributed by atoms with Crippen LogP contribution in [0.15, 0.2) is 12.2 Å². The van der Waals surface area contributed by atoms with Crippen molar-refractivity contribution < 1.29 is 29.0 Å². The van der Waals surface area contributed by atoms with Crippen molar-refractivity contribution in [3.8, 4) is 0 Å². The van der Waals surface area contributed by atoms with Crippen molar-refractivity contribution in [1.82, 2.24) is 0 Å². The Labute approximate surface area is 126 Å². The standard InChI is InChI=1S/C15H27NO5/c1-5-6-7-8-9-13(17)15(20)21-12(10-14(18)19)11-16(2,3)4/h6-7,12-13,17H,5,8-11H2,1-4H3/p+1/b7-6+. The van der Waals surface area contributed by atoms with Gasteiger partial charge in [-0.2, -0.15) is 0 Å². The first-order valence-corrected chi connectivity index (χ1v) is 7.21. The number of rotatable bonds is 10. The molecule has 0 amide bonds. The largest absolute Gasteiger partial charge is 0.481 e.